The van der Waals surface area contributed by atoms with Gasteiger partial charge in [-0.15, -0.1) is 5.04 Å². The zero-order valence-corrected chi connectivity index (χ0v) is 32.9. The summed E-state index contributed by atoms with van der Waals surface area (Å²) < 4.78 is 28.0. The van der Waals surface area contributed by atoms with Gasteiger partial charge < -0.3 is 9.16 Å². The topological polar surface area (TPSA) is 42.2 Å². The van der Waals surface area contributed by atoms with Crippen LogP contribution in [0.4, 0.5) is 4.39 Å². The van der Waals surface area contributed by atoms with Gasteiger partial charge in [0.15, 0.2) is 0 Å². The highest BCUT2D eigenvalue weighted by atomic mass is 28.4. The van der Waals surface area contributed by atoms with Gasteiger partial charge >= 0.3 is 0 Å². The van der Waals surface area contributed by atoms with Crippen molar-refractivity contribution in [1.29, 1.82) is 5.26 Å². The maximum absolute atomic E-state index is 14.2. The molecule has 275 valence electrons. The summed E-state index contributed by atoms with van der Waals surface area (Å²) in [5.74, 6) is -0.407. The average Bonchev–Trinajstić information content (AvgIpc) is 3.11. The molecule has 0 N–H and O–H groups in total. The van der Waals surface area contributed by atoms with Crippen molar-refractivity contribution in [1.82, 2.24) is 0 Å². The van der Waals surface area contributed by atoms with Gasteiger partial charge in [0.1, 0.15) is 5.82 Å². The van der Waals surface area contributed by atoms with Crippen LogP contribution in [0, 0.1) is 17.1 Å². The Balaban J connectivity index is 1.52. The van der Waals surface area contributed by atoms with Gasteiger partial charge in [-0.05, 0) is 30.2 Å². The first kappa shape index (κ1) is 41.6. The Morgan fingerprint density at radius 1 is 0.660 bits per heavy atom. The van der Waals surface area contributed by atoms with E-state index in [1.165, 1.54) is 125 Å². The molecule has 0 unspecified atom stereocenters. The summed E-state index contributed by atoms with van der Waals surface area (Å²) in [5.41, 5.74) is 0.997. The first-order valence-corrected chi connectivity index (χ1v) is 21.8. The first-order chi connectivity index (χ1) is 24.3. The highest BCUT2D eigenvalue weighted by molar-refractivity contribution is 6.99. The van der Waals surface area contributed by atoms with Crippen LogP contribution in [0.15, 0.2) is 78.9 Å². The fourth-order valence-corrected chi connectivity index (χ4v) is 11.9. The fourth-order valence-electron chi connectivity index (χ4n) is 7.30. The number of rotatable bonds is 26. The third-order valence-electron chi connectivity index (χ3n) is 10.1. The Morgan fingerprint density at radius 2 is 1.12 bits per heavy atom. The maximum atomic E-state index is 14.2. The van der Waals surface area contributed by atoms with E-state index < -0.39 is 14.1 Å². The smallest absolute Gasteiger partial charge is 0.124 e. The first-order valence-electron chi connectivity index (χ1n) is 19.9. The van der Waals surface area contributed by atoms with E-state index in [9.17, 15) is 9.65 Å². The maximum Gasteiger partial charge on any atom is 0.124 e. The molecule has 0 amide bonds. The van der Waals surface area contributed by atoms with Crippen LogP contribution < -0.4 is 10.4 Å². The number of ether oxygens (including phenoxy) is 1. The lowest BCUT2D eigenvalue weighted by Crippen LogP contribution is -2.67. The molecule has 0 fully saturated rings. The number of hydrogen-bond donors (Lipinski definition) is 0. The standard InChI is InChI=1S/C45H66FNO2Si/c1-5-6-7-8-9-10-11-12-13-14-15-16-17-18-19-20-23-28-42(48-37-40-33-39(36-47)34-41(46)35-40)38-49-50(45(2,3)4,43-29-24-21-25-30-43)44-31-26-22-27-32-44/h21-22,24-27,29-35,42H,5-20,23,28,37-38H2,1-4H3/q-1/t42-/m1/s1. The molecule has 3 aromatic carbocycles. The van der Waals surface area contributed by atoms with Crippen molar-refractivity contribution < 1.29 is 13.6 Å². The number of halogens is 1. The number of nitriles is 1. The van der Waals surface area contributed by atoms with Crippen molar-refractivity contribution in [3.63, 3.8) is 0 Å². The van der Waals surface area contributed by atoms with Crippen molar-refractivity contribution in [2.75, 3.05) is 6.61 Å². The molecule has 0 radical (unpaired) electrons. The fraction of sp³-hybridized carbons (Fsp3) is 0.578. The summed E-state index contributed by atoms with van der Waals surface area (Å²) in [5, 5.41) is 11.7. The number of nitrogens with zero attached hydrogens (tertiary/aromatic N) is 1. The summed E-state index contributed by atoms with van der Waals surface area (Å²) in [6.45, 7) is 9.88. The van der Waals surface area contributed by atoms with E-state index in [0.29, 0.717) is 17.7 Å². The van der Waals surface area contributed by atoms with Crippen molar-refractivity contribution in [2.24, 2.45) is 0 Å². The number of benzene rings is 3. The van der Waals surface area contributed by atoms with Gasteiger partial charge in [-0.25, -0.2) is 4.39 Å². The molecule has 0 bridgehead atoms. The molecule has 0 aliphatic carbocycles. The van der Waals surface area contributed by atoms with Gasteiger partial charge in [0.25, 0.3) is 0 Å². The minimum absolute atomic E-state index is 0.127. The van der Waals surface area contributed by atoms with Gasteiger partial charge in [-0.2, -0.15) is 15.6 Å². The molecule has 5 heteroatoms. The number of hydrogen-bond acceptors (Lipinski definition) is 3. The molecule has 1 atom stereocenters. The molecule has 0 aliphatic heterocycles. The van der Waals surface area contributed by atoms with E-state index in [0.717, 1.165) is 12.8 Å². The largest absolute Gasteiger partial charge is 0.556 e. The van der Waals surface area contributed by atoms with Crippen LogP contribution in [-0.4, -0.2) is 21.0 Å². The molecule has 0 saturated heterocycles. The molecule has 0 heterocycles. The zero-order chi connectivity index (χ0) is 35.9. The third-order valence-corrected chi connectivity index (χ3v) is 15.1. The van der Waals surface area contributed by atoms with Gasteiger partial charge in [-0.3, -0.25) is 0 Å². The quantitative estimate of drug-likeness (QED) is 0.0619. The molecular weight excluding hydrogens is 634 g/mol. The summed E-state index contributed by atoms with van der Waals surface area (Å²) in [6, 6.07) is 27.9. The molecule has 0 aliphatic rings. The van der Waals surface area contributed by atoms with Crippen LogP contribution in [0.3, 0.4) is 0 Å². The summed E-state index contributed by atoms with van der Waals surface area (Å²) in [7, 11) is -2.72. The number of unbranched alkanes of at least 4 members (excludes halogenated alkanes) is 16. The van der Waals surface area contributed by atoms with E-state index in [4.69, 9.17) is 9.16 Å². The second kappa shape index (κ2) is 23.6. The van der Waals surface area contributed by atoms with Crippen LogP contribution in [0.2, 0.25) is 5.04 Å². The Labute approximate surface area is 306 Å². The molecule has 0 aromatic heterocycles. The van der Waals surface area contributed by atoms with Crippen molar-refractivity contribution in [3.05, 3.63) is 95.8 Å². The predicted octanol–water partition coefficient (Wildman–Crippen LogP) is 12.2. The Bertz CT molecular complexity index is 1310. The molecule has 50 heavy (non-hydrogen) atoms. The SMILES string of the molecule is CCCCCCCCCCCCCCCCCCC[C@H](CO[Si-](c1ccccc1)(c1ccccc1)C(C)(C)C)OCc1cc(F)cc(C#N)c1. The minimum atomic E-state index is -2.72. The Kier molecular flexibility index (Phi) is 19.7. The van der Waals surface area contributed by atoms with E-state index in [1.54, 1.807) is 6.07 Å². The van der Waals surface area contributed by atoms with Crippen LogP contribution >= 0.6 is 0 Å². The second-order valence-electron chi connectivity index (χ2n) is 15.3. The minimum Gasteiger partial charge on any atom is -0.556 e. The summed E-state index contributed by atoms with van der Waals surface area (Å²) in [6.07, 6.45) is 23.7. The van der Waals surface area contributed by atoms with Crippen molar-refractivity contribution in [2.45, 2.75) is 161 Å². The molecule has 0 spiro atoms. The molecule has 0 saturated carbocycles. The lowest BCUT2D eigenvalue weighted by atomic mass is 10.0. The molecular formula is C45H66FNO2Si-. The van der Waals surface area contributed by atoms with E-state index in [-0.39, 0.29) is 17.7 Å². The van der Waals surface area contributed by atoms with E-state index in [2.05, 4.69) is 94.4 Å². The molecule has 3 rings (SSSR count). The van der Waals surface area contributed by atoms with Crippen molar-refractivity contribution >= 4 is 18.7 Å². The van der Waals surface area contributed by atoms with Crippen LogP contribution in [0.25, 0.3) is 0 Å². The van der Waals surface area contributed by atoms with E-state index >= 15 is 0 Å². The van der Waals surface area contributed by atoms with Crippen LogP contribution in [0.5, 0.6) is 0 Å². The van der Waals surface area contributed by atoms with E-state index in [1.807, 2.05) is 0 Å². The van der Waals surface area contributed by atoms with Gasteiger partial charge in [0.05, 0.1) is 32.7 Å². The third kappa shape index (κ3) is 14.5. The zero-order valence-electron chi connectivity index (χ0n) is 31.9. The Hall–Kier alpha value is -2.78. The molecule has 3 nitrogen and oxygen atoms in total. The highest BCUT2D eigenvalue weighted by Crippen LogP contribution is 2.37. The normalized spacial score (nSPS) is 12.6. The molecule has 3 aromatic rings. The summed E-state index contributed by atoms with van der Waals surface area (Å²) >= 11 is 0. The monoisotopic (exact) mass is 699 g/mol. The average molecular weight is 700 g/mol. The van der Waals surface area contributed by atoms with Crippen molar-refractivity contribution in [3.8, 4) is 6.07 Å². The van der Waals surface area contributed by atoms with Crippen LogP contribution in [0.1, 0.15) is 154 Å². The van der Waals surface area contributed by atoms with Crippen LogP contribution in [-0.2, 0) is 15.8 Å². The Morgan fingerprint density at radius 3 is 1.56 bits per heavy atom. The predicted molar refractivity (Wildman–Crippen MR) is 212 cm³/mol. The second-order valence-corrected chi connectivity index (χ2v) is 19.6. The van der Waals surface area contributed by atoms with Gasteiger partial charge in [-0.1, -0.05) is 198 Å². The summed E-state index contributed by atoms with van der Waals surface area (Å²) in [4.78, 5) is 0. The van der Waals surface area contributed by atoms with Gasteiger partial charge in [0.2, 0.25) is 0 Å². The van der Waals surface area contributed by atoms with Gasteiger partial charge in [0, 0.05) is 6.61 Å². The highest BCUT2D eigenvalue weighted by Gasteiger charge is 2.37. The lowest BCUT2D eigenvalue weighted by molar-refractivity contribution is 0.000683. The lowest BCUT2D eigenvalue weighted by Gasteiger charge is -2.56.